The second-order valence-electron chi connectivity index (χ2n) is 9.13. The number of phenols is 1. The van der Waals surface area contributed by atoms with E-state index in [1.807, 2.05) is 6.07 Å². The third kappa shape index (κ3) is 2.42. The Bertz CT molecular complexity index is 1020. The molecule has 1 aromatic rings. The summed E-state index contributed by atoms with van der Waals surface area (Å²) in [5.41, 5.74) is -0.399. The van der Waals surface area contributed by atoms with Gasteiger partial charge in [0.05, 0.1) is 11.0 Å². The minimum absolute atomic E-state index is 0.0306. The van der Waals surface area contributed by atoms with E-state index in [0.717, 1.165) is 17.5 Å². The number of carbonyl (C=O) groups is 2. The topological polar surface area (TPSA) is 154 Å². The lowest BCUT2D eigenvalue weighted by molar-refractivity contribution is -0.178. The molecular formula is C22H24O9. The number of rotatable bonds is 4. The number of phenolic OH excluding ortho intramolecular Hbond substituents is 1. The minimum atomic E-state index is -2.33. The summed E-state index contributed by atoms with van der Waals surface area (Å²) in [4.78, 5) is 23.2. The molecule has 1 spiro atoms. The van der Waals surface area contributed by atoms with Gasteiger partial charge < -0.3 is 35.0 Å². The van der Waals surface area contributed by atoms with Crippen molar-refractivity contribution in [1.29, 1.82) is 0 Å². The first-order valence-corrected chi connectivity index (χ1v) is 10.4. The van der Waals surface area contributed by atoms with E-state index in [-0.39, 0.29) is 35.5 Å². The van der Waals surface area contributed by atoms with E-state index in [4.69, 9.17) is 14.6 Å². The normalized spacial score (nSPS) is 36.5. The van der Waals surface area contributed by atoms with Gasteiger partial charge in [-0.25, -0.2) is 9.59 Å². The first kappa shape index (κ1) is 20.3. The number of benzene rings is 1. The van der Waals surface area contributed by atoms with Gasteiger partial charge in [0.25, 0.3) is 0 Å². The van der Waals surface area contributed by atoms with Gasteiger partial charge in [0.2, 0.25) is 0 Å². The molecule has 9 heteroatoms. The average molecular weight is 432 g/mol. The SMILES string of the molecule is CC1CC[C@]23c4c5ccc(O)c4O[C@H]2C(OC(=O)[C@H](O)[C@@H](O)C(=O)O)=CC[C@@]3(O)[C@H]1C5. The van der Waals surface area contributed by atoms with Crippen molar-refractivity contribution in [1.82, 2.24) is 0 Å². The van der Waals surface area contributed by atoms with E-state index in [0.29, 0.717) is 12.8 Å². The maximum absolute atomic E-state index is 12.3. The molecule has 0 saturated heterocycles. The molecule has 1 fully saturated rings. The number of aliphatic hydroxyl groups is 3. The number of carbonyl (C=O) groups excluding carboxylic acids is 1. The summed E-state index contributed by atoms with van der Waals surface area (Å²) in [7, 11) is 0. The van der Waals surface area contributed by atoms with E-state index < -0.39 is 41.3 Å². The van der Waals surface area contributed by atoms with Gasteiger partial charge in [-0.2, -0.15) is 0 Å². The van der Waals surface area contributed by atoms with Crippen molar-refractivity contribution < 1.29 is 44.6 Å². The van der Waals surface area contributed by atoms with Crippen LogP contribution in [0, 0.1) is 11.8 Å². The van der Waals surface area contributed by atoms with Gasteiger partial charge in [0.15, 0.2) is 29.8 Å². The van der Waals surface area contributed by atoms with E-state index in [1.165, 1.54) is 6.08 Å². The number of hydrogen-bond acceptors (Lipinski definition) is 8. The van der Waals surface area contributed by atoms with Gasteiger partial charge in [-0.1, -0.05) is 13.0 Å². The summed E-state index contributed by atoms with van der Waals surface area (Å²) < 4.78 is 11.4. The molecule has 4 aliphatic rings. The van der Waals surface area contributed by atoms with Crippen molar-refractivity contribution in [2.75, 3.05) is 0 Å². The third-order valence-electron chi connectivity index (χ3n) is 7.74. The smallest absolute Gasteiger partial charge is 0.343 e. The first-order chi connectivity index (χ1) is 14.6. The monoisotopic (exact) mass is 432 g/mol. The Morgan fingerprint density at radius 1 is 1.26 bits per heavy atom. The molecule has 1 unspecified atom stereocenters. The molecule has 9 nitrogen and oxygen atoms in total. The number of carboxylic acids is 1. The maximum atomic E-state index is 12.3. The van der Waals surface area contributed by atoms with Crippen LogP contribution in [0.3, 0.4) is 0 Å². The lowest BCUT2D eigenvalue weighted by Gasteiger charge is -2.61. The summed E-state index contributed by atoms with van der Waals surface area (Å²) in [6.07, 6.45) is -1.84. The van der Waals surface area contributed by atoms with Crippen LogP contribution in [0.5, 0.6) is 11.5 Å². The molecule has 0 aromatic heterocycles. The van der Waals surface area contributed by atoms with E-state index in [1.54, 1.807) is 6.07 Å². The molecule has 31 heavy (non-hydrogen) atoms. The maximum Gasteiger partial charge on any atom is 0.343 e. The highest BCUT2D eigenvalue weighted by Gasteiger charge is 2.72. The molecule has 7 atom stereocenters. The van der Waals surface area contributed by atoms with Crippen LogP contribution in [0.25, 0.3) is 0 Å². The minimum Gasteiger partial charge on any atom is -0.504 e. The molecule has 5 rings (SSSR count). The molecule has 2 bridgehead atoms. The van der Waals surface area contributed by atoms with Crippen molar-refractivity contribution in [2.45, 2.75) is 61.9 Å². The molecule has 0 amide bonds. The summed E-state index contributed by atoms with van der Waals surface area (Å²) in [5.74, 6) is -2.68. The van der Waals surface area contributed by atoms with Crippen molar-refractivity contribution >= 4 is 11.9 Å². The fourth-order valence-electron chi connectivity index (χ4n) is 6.25. The van der Waals surface area contributed by atoms with Crippen LogP contribution in [0.15, 0.2) is 24.0 Å². The Kier molecular flexibility index (Phi) is 4.22. The molecule has 1 heterocycles. The van der Waals surface area contributed by atoms with Gasteiger partial charge in [-0.05, 0) is 55.2 Å². The van der Waals surface area contributed by atoms with Gasteiger partial charge in [-0.15, -0.1) is 0 Å². The van der Waals surface area contributed by atoms with Crippen LogP contribution >= 0.6 is 0 Å². The lowest BCUT2D eigenvalue weighted by Crippen LogP contribution is -2.69. The Balaban J connectivity index is 1.59. The predicted octanol–water partition coefficient (Wildman–Crippen LogP) is 0.361. The summed E-state index contributed by atoms with van der Waals surface area (Å²) in [6.45, 7) is 2.11. The quantitative estimate of drug-likeness (QED) is 0.424. The molecular weight excluding hydrogens is 408 g/mol. The molecule has 5 N–H and O–H groups in total. The molecule has 166 valence electrons. The van der Waals surface area contributed by atoms with Crippen LogP contribution < -0.4 is 4.74 Å². The summed E-state index contributed by atoms with van der Waals surface area (Å²) in [5, 5.41) is 50.6. The predicted molar refractivity (Wildman–Crippen MR) is 103 cm³/mol. The largest absolute Gasteiger partial charge is 0.504 e. The Morgan fingerprint density at radius 2 is 2.00 bits per heavy atom. The molecule has 1 aliphatic heterocycles. The van der Waals surface area contributed by atoms with Crippen molar-refractivity contribution in [2.24, 2.45) is 11.8 Å². The number of aliphatic hydroxyl groups excluding tert-OH is 2. The number of hydrogen-bond donors (Lipinski definition) is 5. The van der Waals surface area contributed by atoms with Crippen LogP contribution in [-0.2, 0) is 26.2 Å². The Hall–Kier alpha value is -2.62. The van der Waals surface area contributed by atoms with Crippen LogP contribution in [0.2, 0.25) is 0 Å². The first-order valence-electron chi connectivity index (χ1n) is 10.4. The van der Waals surface area contributed by atoms with Gasteiger partial charge in [-0.3, -0.25) is 0 Å². The standard InChI is InChI=1S/C22H24O9/c1-9-4-6-21-14-10-2-3-12(23)17(14)31-18(21)13(5-7-22(21,29)11(9)8-10)30-20(28)16(25)15(24)19(26)27/h2-3,5,9,11,15-16,18,23-25,29H,4,6-8H2,1H3,(H,26,27)/t9?,11-,15+,16+,18-,21-,22+/m0/s1. The number of aliphatic carboxylic acids is 1. The highest BCUT2D eigenvalue weighted by atomic mass is 16.6. The van der Waals surface area contributed by atoms with E-state index in [2.05, 4.69) is 6.92 Å². The second kappa shape index (κ2) is 6.44. The van der Waals surface area contributed by atoms with Crippen LogP contribution in [0.1, 0.15) is 37.3 Å². The molecule has 0 radical (unpaired) electrons. The zero-order valence-corrected chi connectivity index (χ0v) is 16.8. The Labute approximate surface area is 177 Å². The van der Waals surface area contributed by atoms with Crippen molar-refractivity contribution in [3.63, 3.8) is 0 Å². The van der Waals surface area contributed by atoms with Gasteiger partial charge in [0.1, 0.15) is 5.76 Å². The highest BCUT2D eigenvalue weighted by molar-refractivity contribution is 5.85. The van der Waals surface area contributed by atoms with E-state index in [9.17, 15) is 30.0 Å². The fourth-order valence-corrected chi connectivity index (χ4v) is 6.25. The number of aromatic hydroxyl groups is 1. The summed E-state index contributed by atoms with van der Waals surface area (Å²) >= 11 is 0. The number of ether oxygens (including phenoxy) is 2. The number of carboxylic acid groups (broad SMARTS) is 1. The lowest BCUT2D eigenvalue weighted by atomic mass is 9.45. The zero-order chi connectivity index (χ0) is 22.3. The van der Waals surface area contributed by atoms with Crippen molar-refractivity contribution in [3.8, 4) is 11.5 Å². The Morgan fingerprint density at radius 3 is 2.71 bits per heavy atom. The highest BCUT2D eigenvalue weighted by Crippen LogP contribution is 2.68. The summed E-state index contributed by atoms with van der Waals surface area (Å²) in [6, 6.07) is 3.39. The second-order valence-corrected chi connectivity index (χ2v) is 9.13. The van der Waals surface area contributed by atoms with Crippen LogP contribution in [0.4, 0.5) is 0 Å². The van der Waals surface area contributed by atoms with Crippen molar-refractivity contribution in [3.05, 3.63) is 35.1 Å². The molecule has 1 aromatic carbocycles. The molecule has 1 saturated carbocycles. The average Bonchev–Trinajstić information content (AvgIpc) is 3.09. The van der Waals surface area contributed by atoms with Gasteiger partial charge >= 0.3 is 11.9 Å². The van der Waals surface area contributed by atoms with Gasteiger partial charge in [0, 0.05) is 5.56 Å². The zero-order valence-electron chi connectivity index (χ0n) is 16.8. The fraction of sp³-hybridized carbons (Fsp3) is 0.545. The van der Waals surface area contributed by atoms with E-state index >= 15 is 0 Å². The third-order valence-corrected chi connectivity index (χ3v) is 7.74. The van der Waals surface area contributed by atoms with Crippen LogP contribution in [-0.4, -0.2) is 61.4 Å². The molecule has 3 aliphatic carbocycles. The number of esters is 1.